The van der Waals surface area contributed by atoms with Gasteiger partial charge in [-0.2, -0.15) is 0 Å². The van der Waals surface area contributed by atoms with Gasteiger partial charge in [0.2, 0.25) is 5.91 Å². The fraction of sp³-hybridized carbons (Fsp3) is 0.267. The maximum absolute atomic E-state index is 11.8. The minimum Gasteiger partial charge on any atom is -0.394 e. The monoisotopic (exact) mass is 431 g/mol. The third kappa shape index (κ3) is 7.24. The molecule has 2 N–H and O–H groups in total. The van der Waals surface area contributed by atoms with E-state index in [0.717, 1.165) is 0 Å². The van der Waals surface area contributed by atoms with Gasteiger partial charge in [0.1, 0.15) is 0 Å². The summed E-state index contributed by atoms with van der Waals surface area (Å²) >= 11 is 1.53. The first-order valence-electron chi connectivity index (χ1n) is 6.76. The highest BCUT2D eigenvalue weighted by molar-refractivity contribution is 14.1. The molecular weight excluding hydrogens is 413 g/mol. The van der Waals surface area contributed by atoms with Gasteiger partial charge in [0, 0.05) is 30.9 Å². The Bertz CT molecular complexity index is 587. The van der Waals surface area contributed by atoms with Crippen molar-refractivity contribution in [2.45, 2.75) is 0 Å². The molecule has 23 heavy (non-hydrogen) atoms. The van der Waals surface area contributed by atoms with Gasteiger partial charge >= 0.3 is 5.97 Å². The van der Waals surface area contributed by atoms with Crippen LogP contribution in [-0.4, -0.2) is 49.9 Å². The predicted octanol–water partition coefficient (Wildman–Crippen LogP) is 1.37. The highest BCUT2D eigenvalue weighted by Gasteiger charge is 2.06. The van der Waals surface area contributed by atoms with Gasteiger partial charge in [-0.3, -0.25) is 14.5 Å². The fourth-order valence-electron chi connectivity index (χ4n) is 1.68. The van der Waals surface area contributed by atoms with Crippen LogP contribution >= 0.6 is 23.0 Å². The van der Waals surface area contributed by atoms with Gasteiger partial charge in [0.05, 0.1) is 6.54 Å². The van der Waals surface area contributed by atoms with Crippen molar-refractivity contribution in [2.24, 2.45) is 0 Å². The Morgan fingerprint density at radius 1 is 1.26 bits per heavy atom. The van der Waals surface area contributed by atoms with Gasteiger partial charge in [-0.05, 0) is 31.3 Å². The SMILES string of the molecule is CNC(=O)c1ccc(NC(=O)/C=C/CN(C)CC(=O)OI)cc1. The number of halogens is 1. The maximum atomic E-state index is 11.8. The number of carbonyl (C=O) groups is 3. The van der Waals surface area contributed by atoms with E-state index in [-0.39, 0.29) is 24.3 Å². The molecule has 0 saturated carbocycles. The molecule has 0 aliphatic rings. The van der Waals surface area contributed by atoms with Crippen molar-refractivity contribution in [2.75, 3.05) is 32.5 Å². The lowest BCUT2D eigenvalue weighted by Crippen LogP contribution is -2.26. The largest absolute Gasteiger partial charge is 0.394 e. The molecule has 1 rings (SSSR count). The number of benzene rings is 1. The average Bonchev–Trinajstić information content (AvgIpc) is 2.54. The molecule has 0 spiro atoms. The van der Waals surface area contributed by atoms with E-state index >= 15 is 0 Å². The summed E-state index contributed by atoms with van der Waals surface area (Å²) in [7, 11) is 3.30. The Kier molecular flexibility index (Phi) is 8.27. The fourth-order valence-corrected chi connectivity index (χ4v) is 1.82. The second-order valence-corrected chi connectivity index (χ2v) is 5.13. The summed E-state index contributed by atoms with van der Waals surface area (Å²) < 4.78 is 4.52. The van der Waals surface area contributed by atoms with Crippen LogP contribution in [0, 0.1) is 0 Å². The van der Waals surface area contributed by atoms with Gasteiger partial charge in [-0.25, -0.2) is 4.79 Å². The number of hydrogen-bond donors (Lipinski definition) is 2. The van der Waals surface area contributed by atoms with Crippen LogP contribution in [0.5, 0.6) is 0 Å². The van der Waals surface area contributed by atoms with E-state index in [1.165, 1.54) is 29.1 Å². The van der Waals surface area contributed by atoms with Crippen LogP contribution in [0.2, 0.25) is 0 Å². The van der Waals surface area contributed by atoms with Crippen LogP contribution in [0.15, 0.2) is 36.4 Å². The molecule has 0 unspecified atom stereocenters. The molecule has 124 valence electrons. The summed E-state index contributed by atoms with van der Waals surface area (Å²) in [5.74, 6) is -0.819. The Morgan fingerprint density at radius 2 is 1.91 bits per heavy atom. The minimum absolute atomic E-state index is 0.149. The molecule has 0 fully saturated rings. The second kappa shape index (κ2) is 9.95. The third-order valence-electron chi connectivity index (χ3n) is 2.81. The van der Waals surface area contributed by atoms with Crippen LogP contribution in [0.3, 0.4) is 0 Å². The first-order chi connectivity index (χ1) is 11.0. The number of hydrogen-bond acceptors (Lipinski definition) is 5. The lowest BCUT2D eigenvalue weighted by molar-refractivity contribution is -0.132. The normalized spacial score (nSPS) is 10.6. The molecule has 1 aromatic rings. The number of likely N-dealkylation sites (N-methyl/N-ethyl adjacent to an activating group) is 1. The molecule has 0 aliphatic carbocycles. The molecule has 0 bridgehead atoms. The van der Waals surface area contributed by atoms with Crippen molar-refractivity contribution in [3.05, 3.63) is 42.0 Å². The Balaban J connectivity index is 2.45. The van der Waals surface area contributed by atoms with E-state index < -0.39 is 0 Å². The molecule has 0 aromatic heterocycles. The molecule has 7 nitrogen and oxygen atoms in total. The van der Waals surface area contributed by atoms with E-state index in [2.05, 4.69) is 13.7 Å². The summed E-state index contributed by atoms with van der Waals surface area (Å²) in [6.07, 6.45) is 3.03. The van der Waals surface area contributed by atoms with Gasteiger partial charge in [-0.15, -0.1) is 0 Å². The van der Waals surface area contributed by atoms with Crippen LogP contribution < -0.4 is 10.6 Å². The van der Waals surface area contributed by atoms with Crippen molar-refractivity contribution in [1.29, 1.82) is 0 Å². The highest BCUT2D eigenvalue weighted by Crippen LogP contribution is 2.09. The number of anilines is 1. The third-order valence-corrected chi connectivity index (χ3v) is 3.30. The van der Waals surface area contributed by atoms with Gasteiger partial charge < -0.3 is 13.7 Å². The van der Waals surface area contributed by atoms with Crippen molar-refractivity contribution >= 4 is 46.5 Å². The molecule has 0 heterocycles. The summed E-state index contributed by atoms with van der Waals surface area (Å²) in [5, 5.41) is 5.21. The minimum atomic E-state index is -0.345. The molecule has 8 heteroatoms. The molecule has 2 amide bonds. The Morgan fingerprint density at radius 3 is 2.48 bits per heavy atom. The first-order valence-corrected chi connectivity index (χ1v) is 7.64. The quantitative estimate of drug-likeness (QED) is 0.503. The molecule has 0 saturated heterocycles. The van der Waals surface area contributed by atoms with Crippen molar-refractivity contribution < 1.29 is 17.4 Å². The summed E-state index contributed by atoms with van der Waals surface area (Å²) in [5.41, 5.74) is 1.11. The molecular formula is C15H18IN3O4. The van der Waals surface area contributed by atoms with Crippen LogP contribution in [0.1, 0.15) is 10.4 Å². The number of amides is 2. The zero-order chi connectivity index (χ0) is 17.2. The lowest BCUT2D eigenvalue weighted by atomic mass is 10.2. The maximum Gasteiger partial charge on any atom is 0.329 e. The van der Waals surface area contributed by atoms with Crippen LogP contribution in [0.4, 0.5) is 5.69 Å². The topological polar surface area (TPSA) is 87.7 Å². The van der Waals surface area contributed by atoms with Gasteiger partial charge in [-0.1, -0.05) is 6.08 Å². The van der Waals surface area contributed by atoms with E-state index in [0.29, 0.717) is 17.8 Å². The van der Waals surface area contributed by atoms with Gasteiger partial charge in [0.15, 0.2) is 23.0 Å². The predicted molar refractivity (Wildman–Crippen MR) is 95.2 cm³/mol. The van der Waals surface area contributed by atoms with Crippen LogP contribution in [-0.2, 0) is 12.7 Å². The molecule has 1 aromatic carbocycles. The first kappa shape index (κ1) is 19.1. The van der Waals surface area contributed by atoms with E-state index in [1.807, 2.05) is 0 Å². The Hall–Kier alpha value is -1.94. The van der Waals surface area contributed by atoms with Crippen LogP contribution in [0.25, 0.3) is 0 Å². The van der Waals surface area contributed by atoms with E-state index in [1.54, 1.807) is 49.3 Å². The molecule has 0 aliphatic heterocycles. The van der Waals surface area contributed by atoms with E-state index in [4.69, 9.17) is 0 Å². The van der Waals surface area contributed by atoms with Gasteiger partial charge in [0.25, 0.3) is 5.91 Å². The smallest absolute Gasteiger partial charge is 0.329 e. The summed E-state index contributed by atoms with van der Waals surface area (Å²) in [6, 6.07) is 6.56. The zero-order valence-corrected chi connectivity index (χ0v) is 15.0. The number of rotatable bonds is 7. The molecule has 0 atom stereocenters. The summed E-state index contributed by atoms with van der Waals surface area (Å²) in [6.45, 7) is 0.588. The number of carbonyl (C=O) groups excluding carboxylic acids is 3. The van der Waals surface area contributed by atoms with Crippen molar-refractivity contribution in [3.8, 4) is 0 Å². The molecule has 0 radical (unpaired) electrons. The number of nitrogens with one attached hydrogen (secondary N) is 2. The van der Waals surface area contributed by atoms with Crippen molar-refractivity contribution in [3.63, 3.8) is 0 Å². The Labute approximate surface area is 148 Å². The van der Waals surface area contributed by atoms with Crippen molar-refractivity contribution in [1.82, 2.24) is 10.2 Å². The zero-order valence-electron chi connectivity index (χ0n) is 12.8. The highest BCUT2D eigenvalue weighted by atomic mass is 127. The standard InChI is InChI=1S/C15H18IN3O4/c1-17-15(22)11-5-7-12(8-6-11)18-13(20)4-3-9-19(2)10-14(21)23-16/h3-8H,9-10H2,1-2H3,(H,17,22)(H,18,20)/b4-3+. The van der Waals surface area contributed by atoms with E-state index in [9.17, 15) is 14.4 Å². The second-order valence-electron chi connectivity index (χ2n) is 4.69. The summed E-state index contributed by atoms with van der Waals surface area (Å²) in [4.78, 5) is 35.9. The number of nitrogens with zero attached hydrogens (tertiary/aromatic N) is 1. The average molecular weight is 431 g/mol. The lowest BCUT2D eigenvalue weighted by Gasteiger charge is -2.11.